The van der Waals surface area contributed by atoms with Crippen molar-refractivity contribution < 1.29 is 4.79 Å². The van der Waals surface area contributed by atoms with Gasteiger partial charge in [0.15, 0.2) is 0 Å². The van der Waals surface area contributed by atoms with E-state index in [1.807, 2.05) is 31.2 Å². The van der Waals surface area contributed by atoms with Crippen LogP contribution in [-0.4, -0.2) is 33.3 Å². The van der Waals surface area contributed by atoms with E-state index in [1.165, 1.54) is 6.33 Å². The van der Waals surface area contributed by atoms with Crippen LogP contribution in [0.4, 0.5) is 0 Å². The average Bonchev–Trinajstić information content (AvgIpc) is 3.20. The molecule has 124 valence electrons. The van der Waals surface area contributed by atoms with Crippen molar-refractivity contribution in [3.8, 4) is 5.69 Å². The van der Waals surface area contributed by atoms with Crippen molar-refractivity contribution >= 4 is 18.3 Å². The minimum atomic E-state index is -0.00120. The van der Waals surface area contributed by atoms with Gasteiger partial charge >= 0.3 is 0 Å². The van der Waals surface area contributed by atoms with Gasteiger partial charge in [0.1, 0.15) is 12.7 Å². The molecule has 6 nitrogen and oxygen atoms in total. The summed E-state index contributed by atoms with van der Waals surface area (Å²) >= 11 is 0. The largest absolute Gasteiger partial charge is 0.350 e. The number of hydrogen-bond acceptors (Lipinski definition) is 4. The van der Waals surface area contributed by atoms with E-state index in [0.717, 1.165) is 30.6 Å². The van der Waals surface area contributed by atoms with Crippen LogP contribution in [0.2, 0.25) is 0 Å². The van der Waals surface area contributed by atoms with Crippen molar-refractivity contribution in [3.63, 3.8) is 0 Å². The lowest BCUT2D eigenvalue weighted by molar-refractivity contribution is -0.122. The molecule has 2 atom stereocenters. The van der Waals surface area contributed by atoms with Crippen LogP contribution in [0.25, 0.3) is 5.69 Å². The van der Waals surface area contributed by atoms with Gasteiger partial charge in [-0.2, -0.15) is 5.10 Å². The summed E-state index contributed by atoms with van der Waals surface area (Å²) in [7, 11) is 0. The van der Waals surface area contributed by atoms with E-state index >= 15 is 0 Å². The Morgan fingerprint density at radius 1 is 1.43 bits per heavy atom. The second-order valence-corrected chi connectivity index (χ2v) is 5.72. The Hall–Kier alpha value is -1.92. The van der Waals surface area contributed by atoms with Gasteiger partial charge in [0.05, 0.1) is 11.7 Å². The van der Waals surface area contributed by atoms with E-state index in [1.54, 1.807) is 11.0 Å². The van der Waals surface area contributed by atoms with Gasteiger partial charge in [0, 0.05) is 12.5 Å². The van der Waals surface area contributed by atoms with E-state index < -0.39 is 0 Å². The predicted octanol–water partition coefficient (Wildman–Crippen LogP) is 2.01. The standard InChI is InChI=1S/C16H21N5O.ClH/c1-12(20-16(22)9-14-3-2-8-18-14)13-4-6-15(7-5-13)21-11-17-10-19-21;/h4-7,10-12,14,18H,2-3,8-9H2,1H3,(H,20,22);1H. The number of hydrogen-bond donors (Lipinski definition) is 2. The molecule has 1 aliphatic rings. The van der Waals surface area contributed by atoms with Crippen LogP contribution >= 0.6 is 12.4 Å². The smallest absolute Gasteiger partial charge is 0.222 e. The fourth-order valence-electron chi connectivity index (χ4n) is 2.80. The number of nitrogens with one attached hydrogen (secondary N) is 2. The molecule has 3 rings (SSSR count). The molecule has 1 aliphatic heterocycles. The van der Waals surface area contributed by atoms with Crippen LogP contribution in [0.15, 0.2) is 36.9 Å². The van der Waals surface area contributed by atoms with Crippen molar-refractivity contribution in [2.75, 3.05) is 6.54 Å². The Morgan fingerprint density at radius 3 is 2.83 bits per heavy atom. The molecular formula is C16H22ClN5O. The number of rotatable bonds is 5. The number of nitrogens with zero attached hydrogens (tertiary/aromatic N) is 3. The Kier molecular flexibility index (Phi) is 6.12. The molecule has 2 aromatic rings. The highest BCUT2D eigenvalue weighted by molar-refractivity contribution is 5.85. The molecule has 23 heavy (non-hydrogen) atoms. The third-order valence-electron chi connectivity index (χ3n) is 4.05. The zero-order valence-corrected chi connectivity index (χ0v) is 13.9. The number of carbonyl (C=O) groups excluding carboxylic acids is 1. The van der Waals surface area contributed by atoms with Gasteiger partial charge in [0.25, 0.3) is 0 Å². The molecule has 1 saturated heterocycles. The maximum atomic E-state index is 12.1. The van der Waals surface area contributed by atoms with Gasteiger partial charge in [-0.25, -0.2) is 9.67 Å². The Labute approximate surface area is 142 Å². The molecule has 1 aromatic heterocycles. The third kappa shape index (κ3) is 4.53. The molecule has 0 spiro atoms. The van der Waals surface area contributed by atoms with E-state index in [-0.39, 0.29) is 24.4 Å². The second kappa shape index (κ2) is 8.08. The Morgan fingerprint density at radius 2 is 2.22 bits per heavy atom. The summed E-state index contributed by atoms with van der Waals surface area (Å²) in [5.74, 6) is 0.104. The fourth-order valence-corrected chi connectivity index (χ4v) is 2.80. The summed E-state index contributed by atoms with van der Waals surface area (Å²) in [5.41, 5.74) is 2.03. The summed E-state index contributed by atoms with van der Waals surface area (Å²) in [5, 5.41) is 10.5. The van der Waals surface area contributed by atoms with Gasteiger partial charge in [-0.1, -0.05) is 12.1 Å². The first kappa shape index (κ1) is 17.4. The molecule has 1 fully saturated rings. The van der Waals surface area contributed by atoms with E-state index in [2.05, 4.69) is 20.7 Å². The van der Waals surface area contributed by atoms with Gasteiger partial charge in [-0.05, 0) is 44.0 Å². The molecule has 1 amide bonds. The average molecular weight is 336 g/mol. The lowest BCUT2D eigenvalue weighted by Gasteiger charge is -2.16. The minimum absolute atomic E-state index is 0. The van der Waals surface area contributed by atoms with Crippen molar-refractivity contribution in [1.82, 2.24) is 25.4 Å². The third-order valence-corrected chi connectivity index (χ3v) is 4.05. The summed E-state index contributed by atoms with van der Waals surface area (Å²) in [4.78, 5) is 16.0. The number of aromatic nitrogens is 3. The molecule has 2 unspecified atom stereocenters. The van der Waals surface area contributed by atoms with Gasteiger partial charge in [0.2, 0.25) is 5.91 Å². The van der Waals surface area contributed by atoms with Crippen molar-refractivity contribution in [2.24, 2.45) is 0 Å². The number of halogens is 1. The molecule has 2 heterocycles. The van der Waals surface area contributed by atoms with E-state index in [4.69, 9.17) is 0 Å². The van der Waals surface area contributed by atoms with Gasteiger partial charge in [-0.3, -0.25) is 4.79 Å². The van der Waals surface area contributed by atoms with Crippen LogP contribution < -0.4 is 10.6 Å². The molecule has 0 radical (unpaired) electrons. The molecule has 1 aromatic carbocycles. The number of carbonyl (C=O) groups is 1. The summed E-state index contributed by atoms with van der Waals surface area (Å²) in [6.45, 7) is 3.03. The first-order valence-corrected chi connectivity index (χ1v) is 7.70. The lowest BCUT2D eigenvalue weighted by atomic mass is 10.1. The fraction of sp³-hybridized carbons (Fsp3) is 0.438. The van der Waals surface area contributed by atoms with Crippen LogP contribution in [-0.2, 0) is 4.79 Å². The lowest BCUT2D eigenvalue weighted by Crippen LogP contribution is -2.33. The first-order valence-electron chi connectivity index (χ1n) is 7.70. The zero-order valence-electron chi connectivity index (χ0n) is 13.1. The highest BCUT2D eigenvalue weighted by Gasteiger charge is 2.18. The van der Waals surface area contributed by atoms with Crippen molar-refractivity contribution in [3.05, 3.63) is 42.5 Å². The zero-order chi connectivity index (χ0) is 15.4. The Balaban J connectivity index is 0.00000192. The number of amides is 1. The molecule has 0 saturated carbocycles. The molecule has 0 aliphatic carbocycles. The van der Waals surface area contributed by atoms with Crippen LogP contribution in [0, 0.1) is 0 Å². The first-order chi connectivity index (χ1) is 10.7. The summed E-state index contributed by atoms with van der Waals surface area (Å²) < 4.78 is 1.71. The molecular weight excluding hydrogens is 314 g/mol. The Bertz CT molecular complexity index is 608. The summed E-state index contributed by atoms with van der Waals surface area (Å²) in [6, 6.07) is 8.31. The van der Waals surface area contributed by atoms with Crippen LogP contribution in [0.5, 0.6) is 0 Å². The summed E-state index contributed by atoms with van der Waals surface area (Å²) in [6.07, 6.45) is 5.98. The second-order valence-electron chi connectivity index (χ2n) is 5.72. The maximum absolute atomic E-state index is 12.1. The van der Waals surface area contributed by atoms with E-state index in [9.17, 15) is 4.79 Å². The van der Waals surface area contributed by atoms with E-state index in [0.29, 0.717) is 12.5 Å². The normalized spacial score (nSPS) is 18.2. The maximum Gasteiger partial charge on any atom is 0.222 e. The molecule has 0 bridgehead atoms. The SMILES string of the molecule is CC(NC(=O)CC1CCCN1)c1ccc(-n2cncn2)cc1.Cl. The van der Waals surface area contributed by atoms with Gasteiger partial charge < -0.3 is 10.6 Å². The minimum Gasteiger partial charge on any atom is -0.350 e. The highest BCUT2D eigenvalue weighted by atomic mass is 35.5. The quantitative estimate of drug-likeness (QED) is 0.876. The van der Waals surface area contributed by atoms with Crippen LogP contribution in [0.1, 0.15) is 37.8 Å². The highest BCUT2D eigenvalue weighted by Crippen LogP contribution is 2.16. The molecule has 2 N–H and O–H groups in total. The predicted molar refractivity (Wildman–Crippen MR) is 90.8 cm³/mol. The molecule has 7 heteroatoms. The number of benzene rings is 1. The van der Waals surface area contributed by atoms with Crippen LogP contribution in [0.3, 0.4) is 0 Å². The monoisotopic (exact) mass is 335 g/mol. The van der Waals surface area contributed by atoms with Crippen molar-refractivity contribution in [2.45, 2.75) is 38.3 Å². The van der Waals surface area contributed by atoms with Gasteiger partial charge in [-0.15, -0.1) is 12.4 Å². The topological polar surface area (TPSA) is 71.8 Å². The van der Waals surface area contributed by atoms with Crippen molar-refractivity contribution in [1.29, 1.82) is 0 Å².